The van der Waals surface area contributed by atoms with Crippen LogP contribution in [0.4, 0.5) is 5.69 Å². The van der Waals surface area contributed by atoms with E-state index in [-0.39, 0.29) is 5.91 Å². The third kappa shape index (κ3) is 4.04. The van der Waals surface area contributed by atoms with Gasteiger partial charge in [0, 0.05) is 32.2 Å². The number of anilines is 1. The van der Waals surface area contributed by atoms with Gasteiger partial charge in [0.2, 0.25) is 5.91 Å². The van der Waals surface area contributed by atoms with E-state index in [0.717, 1.165) is 67.3 Å². The van der Waals surface area contributed by atoms with Gasteiger partial charge in [-0.05, 0) is 74.8 Å². The van der Waals surface area contributed by atoms with Crippen molar-refractivity contribution in [1.82, 2.24) is 9.80 Å². The molecule has 29 heavy (non-hydrogen) atoms. The lowest BCUT2D eigenvalue weighted by Gasteiger charge is -2.58. The molecule has 5 aliphatic rings. The number of carbonyl (C=O) groups is 1. The number of carbonyl (C=O) groups excluding carboxylic acids is 1. The number of nitrogens with one attached hydrogen (secondary N) is 1. The van der Waals surface area contributed by atoms with Gasteiger partial charge in [-0.3, -0.25) is 14.6 Å². The first kappa shape index (κ1) is 19.4. The zero-order valence-corrected chi connectivity index (χ0v) is 17.7. The predicted molar refractivity (Wildman–Crippen MR) is 115 cm³/mol. The number of nitrogens with zero attached hydrogens (tertiary/aromatic N) is 2. The summed E-state index contributed by atoms with van der Waals surface area (Å²) in [4.78, 5) is 17.7. The highest BCUT2D eigenvalue weighted by molar-refractivity contribution is 5.93. The van der Waals surface area contributed by atoms with Crippen LogP contribution in [0.5, 0.6) is 5.75 Å². The Bertz CT molecular complexity index is 701. The van der Waals surface area contributed by atoms with Gasteiger partial charge in [-0.15, -0.1) is 0 Å². The molecule has 5 fully saturated rings. The predicted octanol–water partition coefficient (Wildman–Crippen LogP) is 3.47. The van der Waals surface area contributed by atoms with Gasteiger partial charge in [0.1, 0.15) is 5.75 Å². The lowest BCUT2D eigenvalue weighted by atomic mass is 9.54. The number of para-hydroxylation sites is 2. The van der Waals surface area contributed by atoms with Crippen LogP contribution in [0.3, 0.4) is 0 Å². The van der Waals surface area contributed by atoms with Gasteiger partial charge >= 0.3 is 0 Å². The summed E-state index contributed by atoms with van der Waals surface area (Å²) in [6.45, 7) is 7.27. The molecular formula is C24H35N3O2. The summed E-state index contributed by atoms with van der Waals surface area (Å²) >= 11 is 0. The first-order chi connectivity index (χ1) is 14.2. The van der Waals surface area contributed by atoms with Crippen molar-refractivity contribution in [2.45, 2.75) is 45.1 Å². The molecule has 0 unspecified atom stereocenters. The fourth-order valence-corrected chi connectivity index (χ4v) is 6.96. The highest BCUT2D eigenvalue weighted by Gasteiger charge is 2.50. The molecule has 158 valence electrons. The van der Waals surface area contributed by atoms with Crippen molar-refractivity contribution in [3.05, 3.63) is 24.3 Å². The maximum Gasteiger partial charge on any atom is 0.238 e. The largest absolute Gasteiger partial charge is 0.492 e. The van der Waals surface area contributed by atoms with Crippen molar-refractivity contribution in [3.8, 4) is 5.75 Å². The van der Waals surface area contributed by atoms with Crippen molar-refractivity contribution >= 4 is 11.6 Å². The minimum atomic E-state index is 0.0558. The van der Waals surface area contributed by atoms with Gasteiger partial charge in [0.25, 0.3) is 0 Å². The molecule has 0 radical (unpaired) electrons. The smallest absolute Gasteiger partial charge is 0.238 e. The van der Waals surface area contributed by atoms with Crippen molar-refractivity contribution in [3.63, 3.8) is 0 Å². The van der Waals surface area contributed by atoms with Crippen LogP contribution in [0.2, 0.25) is 0 Å². The average Bonchev–Trinajstić information content (AvgIpc) is 2.70. The Hall–Kier alpha value is -1.59. The number of rotatable bonds is 6. The second kappa shape index (κ2) is 8.27. The molecule has 0 spiro atoms. The quantitative estimate of drug-likeness (QED) is 0.798. The van der Waals surface area contributed by atoms with Crippen LogP contribution < -0.4 is 10.1 Å². The Morgan fingerprint density at radius 3 is 2.31 bits per heavy atom. The first-order valence-electron chi connectivity index (χ1n) is 11.7. The Morgan fingerprint density at radius 1 is 1.00 bits per heavy atom. The Morgan fingerprint density at radius 2 is 1.66 bits per heavy atom. The van der Waals surface area contributed by atoms with Crippen molar-refractivity contribution in [1.29, 1.82) is 0 Å². The molecule has 0 aromatic heterocycles. The Kier molecular flexibility index (Phi) is 5.53. The van der Waals surface area contributed by atoms with Gasteiger partial charge in [0.15, 0.2) is 0 Å². The van der Waals surface area contributed by atoms with E-state index in [1.54, 1.807) is 0 Å². The third-order valence-corrected chi connectivity index (χ3v) is 7.83. The summed E-state index contributed by atoms with van der Waals surface area (Å²) in [5.41, 5.74) is 0.770. The third-order valence-electron chi connectivity index (χ3n) is 7.83. The second-order valence-electron chi connectivity index (χ2n) is 9.71. The maximum absolute atomic E-state index is 12.6. The Balaban J connectivity index is 1.12. The molecule has 4 bridgehead atoms. The van der Waals surface area contributed by atoms with Crippen LogP contribution in [0.1, 0.15) is 39.0 Å². The Labute approximate surface area is 174 Å². The molecule has 1 saturated heterocycles. The zero-order valence-electron chi connectivity index (χ0n) is 17.7. The molecular weight excluding hydrogens is 362 g/mol. The van der Waals surface area contributed by atoms with Gasteiger partial charge in [-0.2, -0.15) is 0 Å². The second-order valence-corrected chi connectivity index (χ2v) is 9.71. The summed E-state index contributed by atoms with van der Waals surface area (Å²) in [5, 5.41) is 3.04. The highest BCUT2D eigenvalue weighted by Crippen LogP contribution is 2.55. The van der Waals surface area contributed by atoms with E-state index in [1.807, 2.05) is 31.2 Å². The van der Waals surface area contributed by atoms with Crippen molar-refractivity contribution in [2.75, 3.05) is 44.6 Å². The molecule has 1 aliphatic heterocycles. The number of amides is 1. The first-order valence-corrected chi connectivity index (χ1v) is 11.7. The van der Waals surface area contributed by atoms with Crippen LogP contribution in [-0.4, -0.2) is 61.1 Å². The summed E-state index contributed by atoms with van der Waals surface area (Å²) in [6.07, 6.45) is 7.47. The van der Waals surface area contributed by atoms with Crippen LogP contribution in [0, 0.1) is 23.7 Å². The van der Waals surface area contributed by atoms with Gasteiger partial charge in [-0.25, -0.2) is 0 Å². The molecule has 6 rings (SSSR count). The van der Waals surface area contributed by atoms with E-state index in [0.29, 0.717) is 13.2 Å². The number of piperazine rings is 1. The zero-order chi connectivity index (χ0) is 19.8. The molecule has 1 aromatic rings. The summed E-state index contributed by atoms with van der Waals surface area (Å²) < 4.78 is 5.62. The molecule has 4 aliphatic carbocycles. The van der Waals surface area contributed by atoms with Crippen LogP contribution >= 0.6 is 0 Å². The molecule has 1 amide bonds. The standard InChI is InChI=1S/C24H35N3O2/c1-2-29-22-6-4-3-5-21(22)25-23(28)16-26-7-9-27(10-8-26)24-19-12-17-11-18(14-19)15-20(24)13-17/h3-6,17-20,24H,2,7-16H2,1H3,(H,25,28). The van der Waals surface area contributed by atoms with Crippen molar-refractivity contribution < 1.29 is 9.53 Å². The number of hydrogen-bond donors (Lipinski definition) is 1. The fourth-order valence-electron chi connectivity index (χ4n) is 6.96. The monoisotopic (exact) mass is 397 g/mol. The molecule has 5 nitrogen and oxygen atoms in total. The maximum atomic E-state index is 12.6. The molecule has 1 aromatic carbocycles. The van der Waals surface area contributed by atoms with E-state index >= 15 is 0 Å². The summed E-state index contributed by atoms with van der Waals surface area (Å²) in [6, 6.07) is 8.51. The van der Waals surface area contributed by atoms with Crippen LogP contribution in [0.25, 0.3) is 0 Å². The van der Waals surface area contributed by atoms with E-state index in [4.69, 9.17) is 4.74 Å². The molecule has 5 heteroatoms. The van der Waals surface area contributed by atoms with E-state index in [2.05, 4.69) is 15.1 Å². The van der Waals surface area contributed by atoms with Gasteiger partial charge in [0.05, 0.1) is 18.8 Å². The van der Waals surface area contributed by atoms with E-state index < -0.39 is 0 Å². The van der Waals surface area contributed by atoms with E-state index in [9.17, 15) is 4.79 Å². The molecule has 1 N–H and O–H groups in total. The number of ether oxygens (including phenoxy) is 1. The van der Waals surface area contributed by atoms with Crippen LogP contribution in [0.15, 0.2) is 24.3 Å². The minimum Gasteiger partial charge on any atom is -0.492 e. The normalized spacial score (nSPS) is 34.3. The van der Waals surface area contributed by atoms with Gasteiger partial charge < -0.3 is 10.1 Å². The van der Waals surface area contributed by atoms with E-state index in [1.165, 1.54) is 32.1 Å². The number of benzene rings is 1. The minimum absolute atomic E-state index is 0.0558. The molecule has 4 saturated carbocycles. The molecule has 0 atom stereocenters. The SMILES string of the molecule is CCOc1ccccc1NC(=O)CN1CCN(C2C3CC4CC(C3)CC2C4)CC1. The lowest BCUT2D eigenvalue weighted by molar-refractivity contribution is -0.118. The summed E-state index contributed by atoms with van der Waals surface area (Å²) in [7, 11) is 0. The van der Waals surface area contributed by atoms with Crippen LogP contribution in [-0.2, 0) is 4.79 Å². The van der Waals surface area contributed by atoms with Gasteiger partial charge in [-0.1, -0.05) is 12.1 Å². The number of hydrogen-bond acceptors (Lipinski definition) is 4. The summed E-state index contributed by atoms with van der Waals surface area (Å²) in [5.74, 6) is 4.79. The lowest BCUT2D eigenvalue weighted by Crippen LogP contribution is -2.60. The average molecular weight is 398 g/mol. The topological polar surface area (TPSA) is 44.8 Å². The fraction of sp³-hybridized carbons (Fsp3) is 0.708. The highest BCUT2D eigenvalue weighted by atomic mass is 16.5. The van der Waals surface area contributed by atoms with Crippen molar-refractivity contribution in [2.24, 2.45) is 23.7 Å². The molecule has 1 heterocycles.